The van der Waals surface area contributed by atoms with Gasteiger partial charge in [0, 0.05) is 0 Å². The third-order valence-corrected chi connectivity index (χ3v) is 4.04. The molecule has 1 N–H and O–H groups in total. The van der Waals surface area contributed by atoms with Gasteiger partial charge in [-0.2, -0.15) is 0 Å². The number of hydrogen-bond acceptors (Lipinski definition) is 2. The number of hydrogen-bond donors (Lipinski definition) is 1. The maximum Gasteiger partial charge on any atom is -0.00161 e. The highest BCUT2D eigenvalue weighted by Crippen LogP contribution is 2.19. The van der Waals surface area contributed by atoms with Crippen molar-refractivity contribution >= 4 is 0 Å². The lowest BCUT2D eigenvalue weighted by molar-refractivity contribution is 0.179. The van der Waals surface area contributed by atoms with Crippen LogP contribution in [-0.4, -0.2) is 37.6 Å². The number of nitrogens with zero attached hydrogens (tertiary/aromatic N) is 1. The molecule has 1 aliphatic rings. The van der Waals surface area contributed by atoms with Gasteiger partial charge in [0.25, 0.3) is 0 Å². The molecule has 0 spiro atoms. The summed E-state index contributed by atoms with van der Waals surface area (Å²) in [5, 5.41) is 3.47. The van der Waals surface area contributed by atoms with Crippen LogP contribution in [0.2, 0.25) is 0 Å². The van der Waals surface area contributed by atoms with Crippen LogP contribution >= 0.6 is 0 Å². The van der Waals surface area contributed by atoms with Crippen LogP contribution in [0, 0.1) is 5.92 Å². The van der Waals surface area contributed by atoms with Crippen LogP contribution in [-0.2, 0) is 0 Å². The van der Waals surface area contributed by atoms with E-state index in [1.807, 2.05) is 0 Å². The lowest BCUT2D eigenvalue weighted by atomic mass is 9.94. The normalized spacial score (nSPS) is 18.7. The van der Waals surface area contributed by atoms with Gasteiger partial charge in [0.2, 0.25) is 0 Å². The van der Waals surface area contributed by atoms with Gasteiger partial charge in [-0.25, -0.2) is 0 Å². The fourth-order valence-electron chi connectivity index (χ4n) is 2.68. The molecule has 2 heteroatoms. The molecular weight excluding hydrogens is 208 g/mol. The molecule has 0 amide bonds. The lowest BCUT2D eigenvalue weighted by Gasteiger charge is -2.31. The highest BCUT2D eigenvalue weighted by Gasteiger charge is 2.16. The zero-order valence-corrected chi connectivity index (χ0v) is 12.0. The van der Waals surface area contributed by atoms with Crippen molar-refractivity contribution in [2.45, 2.75) is 58.8 Å². The number of piperidine rings is 1. The Hall–Kier alpha value is -0.0800. The van der Waals surface area contributed by atoms with Crippen LogP contribution in [0.15, 0.2) is 0 Å². The first-order valence-electron chi connectivity index (χ1n) is 7.79. The standard InChI is InChI=1S/C15H32N2/c1-3-10-16-11-6-5-7-12-17-13-8-15(4-2)9-14-17/h15-16H,3-14H2,1-2H3. The minimum Gasteiger partial charge on any atom is -0.317 e. The van der Waals surface area contributed by atoms with Gasteiger partial charge in [-0.15, -0.1) is 0 Å². The molecule has 2 nitrogen and oxygen atoms in total. The van der Waals surface area contributed by atoms with Gasteiger partial charge in [0.15, 0.2) is 0 Å². The van der Waals surface area contributed by atoms with E-state index in [1.165, 1.54) is 77.7 Å². The van der Waals surface area contributed by atoms with Crippen molar-refractivity contribution in [3.8, 4) is 0 Å². The molecule has 102 valence electrons. The smallest absolute Gasteiger partial charge is 0.00161 e. The summed E-state index contributed by atoms with van der Waals surface area (Å²) < 4.78 is 0. The van der Waals surface area contributed by atoms with Crippen molar-refractivity contribution in [1.82, 2.24) is 10.2 Å². The minimum atomic E-state index is 1.02. The van der Waals surface area contributed by atoms with Crippen molar-refractivity contribution in [3.05, 3.63) is 0 Å². The van der Waals surface area contributed by atoms with E-state index in [2.05, 4.69) is 24.1 Å². The number of unbranched alkanes of at least 4 members (excludes halogenated alkanes) is 2. The molecule has 1 rings (SSSR count). The van der Waals surface area contributed by atoms with E-state index >= 15 is 0 Å². The van der Waals surface area contributed by atoms with E-state index in [0.29, 0.717) is 0 Å². The Labute approximate surface area is 108 Å². The molecule has 0 saturated carbocycles. The summed E-state index contributed by atoms with van der Waals surface area (Å²) in [6.45, 7) is 11.0. The van der Waals surface area contributed by atoms with Gasteiger partial charge in [-0.05, 0) is 70.7 Å². The Morgan fingerprint density at radius 2 is 1.76 bits per heavy atom. The summed E-state index contributed by atoms with van der Waals surface area (Å²) in [6, 6.07) is 0. The van der Waals surface area contributed by atoms with Crippen LogP contribution in [0.4, 0.5) is 0 Å². The quantitative estimate of drug-likeness (QED) is 0.622. The molecule has 0 bridgehead atoms. The highest BCUT2D eigenvalue weighted by atomic mass is 15.1. The first-order chi connectivity index (χ1) is 8.36. The van der Waals surface area contributed by atoms with Gasteiger partial charge in [0.1, 0.15) is 0 Å². The van der Waals surface area contributed by atoms with Gasteiger partial charge >= 0.3 is 0 Å². The highest BCUT2D eigenvalue weighted by molar-refractivity contribution is 4.71. The van der Waals surface area contributed by atoms with E-state index in [4.69, 9.17) is 0 Å². The van der Waals surface area contributed by atoms with Crippen LogP contribution in [0.3, 0.4) is 0 Å². The van der Waals surface area contributed by atoms with Crippen molar-refractivity contribution in [2.24, 2.45) is 5.92 Å². The molecule has 0 unspecified atom stereocenters. The molecule has 0 aromatic carbocycles. The SMILES string of the molecule is CCCNCCCCCN1CCC(CC)CC1. The van der Waals surface area contributed by atoms with Gasteiger partial charge in [0.05, 0.1) is 0 Å². The molecule has 0 radical (unpaired) electrons. The fourth-order valence-corrected chi connectivity index (χ4v) is 2.68. The molecule has 1 heterocycles. The van der Waals surface area contributed by atoms with Crippen LogP contribution in [0.25, 0.3) is 0 Å². The van der Waals surface area contributed by atoms with Gasteiger partial charge in [-0.3, -0.25) is 0 Å². The van der Waals surface area contributed by atoms with Crippen molar-refractivity contribution in [2.75, 3.05) is 32.7 Å². The fraction of sp³-hybridized carbons (Fsp3) is 1.00. The summed E-state index contributed by atoms with van der Waals surface area (Å²) in [7, 11) is 0. The molecule has 0 aliphatic carbocycles. The largest absolute Gasteiger partial charge is 0.317 e. The zero-order chi connectivity index (χ0) is 12.3. The molecule has 1 fully saturated rings. The Morgan fingerprint density at radius 3 is 2.41 bits per heavy atom. The molecule has 1 aliphatic heterocycles. The van der Waals surface area contributed by atoms with Crippen molar-refractivity contribution in [3.63, 3.8) is 0 Å². The van der Waals surface area contributed by atoms with Gasteiger partial charge < -0.3 is 10.2 Å². The monoisotopic (exact) mass is 240 g/mol. The van der Waals surface area contributed by atoms with E-state index in [1.54, 1.807) is 0 Å². The van der Waals surface area contributed by atoms with Crippen molar-refractivity contribution in [1.29, 1.82) is 0 Å². The molecular formula is C15H32N2. The van der Waals surface area contributed by atoms with E-state index < -0.39 is 0 Å². The van der Waals surface area contributed by atoms with Crippen LogP contribution in [0.5, 0.6) is 0 Å². The maximum absolute atomic E-state index is 3.47. The summed E-state index contributed by atoms with van der Waals surface area (Å²) in [6.07, 6.45) is 9.66. The predicted octanol–water partition coefficient (Wildman–Crippen LogP) is 3.28. The first-order valence-corrected chi connectivity index (χ1v) is 7.79. The molecule has 0 aromatic heterocycles. The number of likely N-dealkylation sites (tertiary alicyclic amines) is 1. The van der Waals surface area contributed by atoms with E-state index in [0.717, 1.165) is 5.92 Å². The summed E-state index contributed by atoms with van der Waals surface area (Å²) in [5.74, 6) is 1.02. The predicted molar refractivity (Wildman–Crippen MR) is 76.5 cm³/mol. The number of nitrogens with one attached hydrogen (secondary N) is 1. The van der Waals surface area contributed by atoms with E-state index in [-0.39, 0.29) is 0 Å². The Morgan fingerprint density at radius 1 is 1.00 bits per heavy atom. The third kappa shape index (κ3) is 7.05. The van der Waals surface area contributed by atoms with Crippen LogP contribution < -0.4 is 5.32 Å². The number of rotatable bonds is 9. The average molecular weight is 240 g/mol. The first kappa shape index (κ1) is 15.0. The summed E-state index contributed by atoms with van der Waals surface area (Å²) in [4.78, 5) is 2.67. The van der Waals surface area contributed by atoms with Gasteiger partial charge in [-0.1, -0.05) is 26.7 Å². The summed E-state index contributed by atoms with van der Waals surface area (Å²) in [5.41, 5.74) is 0. The third-order valence-electron chi connectivity index (χ3n) is 4.04. The Bertz CT molecular complexity index is 162. The second kappa shape index (κ2) is 9.90. The second-order valence-electron chi connectivity index (χ2n) is 5.50. The van der Waals surface area contributed by atoms with Crippen LogP contribution in [0.1, 0.15) is 58.8 Å². The summed E-state index contributed by atoms with van der Waals surface area (Å²) >= 11 is 0. The molecule has 17 heavy (non-hydrogen) atoms. The molecule has 0 aromatic rings. The topological polar surface area (TPSA) is 15.3 Å². The minimum absolute atomic E-state index is 1.02. The maximum atomic E-state index is 3.47. The lowest BCUT2D eigenvalue weighted by Crippen LogP contribution is -2.34. The average Bonchev–Trinajstić information content (AvgIpc) is 2.38. The zero-order valence-electron chi connectivity index (χ0n) is 12.0. The van der Waals surface area contributed by atoms with Crippen molar-refractivity contribution < 1.29 is 0 Å². The Balaban J connectivity index is 1.87. The van der Waals surface area contributed by atoms with E-state index in [9.17, 15) is 0 Å². The second-order valence-corrected chi connectivity index (χ2v) is 5.50. The molecule has 0 atom stereocenters. The Kier molecular flexibility index (Phi) is 8.72. The molecule has 1 saturated heterocycles.